The topological polar surface area (TPSA) is 47.0 Å². The molecule has 2 rings (SSSR count). The van der Waals surface area contributed by atoms with Crippen LogP contribution in [0.15, 0.2) is 70.7 Å². The van der Waals surface area contributed by atoms with Gasteiger partial charge in [-0.2, -0.15) is 0 Å². The number of carbonyl (C=O) groups is 2. The summed E-state index contributed by atoms with van der Waals surface area (Å²) in [5.41, 5.74) is 1.59. The van der Waals surface area contributed by atoms with E-state index in [1.54, 1.807) is 48.8 Å². The minimum atomic E-state index is -0.278. The van der Waals surface area contributed by atoms with E-state index in [1.807, 2.05) is 26.0 Å². The molecule has 0 bridgehead atoms. The Kier molecular flexibility index (Phi) is 8.38. The summed E-state index contributed by atoms with van der Waals surface area (Å²) in [4.78, 5) is 30.0. The molecule has 1 aromatic carbocycles. The second kappa shape index (κ2) is 10.8. The molecule has 0 saturated heterocycles. The predicted octanol–water partition coefficient (Wildman–Crippen LogP) is 5.26. The molecule has 0 aliphatic carbocycles. The van der Waals surface area contributed by atoms with Gasteiger partial charge < -0.3 is 0 Å². The molecule has 0 saturated carbocycles. The van der Waals surface area contributed by atoms with Crippen LogP contribution in [0.3, 0.4) is 0 Å². The quantitative estimate of drug-likeness (QED) is 0.256. The highest BCUT2D eigenvalue weighted by molar-refractivity contribution is 8.22. The first-order chi connectivity index (χ1) is 12.7. The molecule has 0 aliphatic rings. The van der Waals surface area contributed by atoms with Crippen molar-refractivity contribution in [1.29, 1.82) is 0 Å². The molecule has 0 amide bonds. The molecule has 3 nitrogen and oxygen atoms in total. The number of hydrogen-bond donors (Lipinski definition) is 0. The van der Waals surface area contributed by atoms with Gasteiger partial charge in [-0.15, -0.1) is 23.5 Å². The first-order valence-corrected chi connectivity index (χ1v) is 10.4. The molecule has 1 aromatic heterocycles. The van der Waals surface area contributed by atoms with Crippen molar-refractivity contribution >= 4 is 41.2 Å². The van der Waals surface area contributed by atoms with E-state index in [9.17, 15) is 9.59 Å². The van der Waals surface area contributed by atoms with Gasteiger partial charge in [0.15, 0.2) is 11.6 Å². The first kappa shape index (κ1) is 20.2. The average Bonchev–Trinajstić information content (AvgIpc) is 2.68. The van der Waals surface area contributed by atoms with Crippen LogP contribution in [0.25, 0.3) is 6.08 Å². The number of nitrogens with zero attached hydrogens (tertiary/aromatic N) is 1. The highest BCUT2D eigenvalue weighted by atomic mass is 32.2. The third kappa shape index (κ3) is 5.71. The number of carbonyl (C=O) groups excluding carboxylic acids is 2. The number of benzene rings is 1. The van der Waals surface area contributed by atoms with Crippen molar-refractivity contribution in [2.24, 2.45) is 0 Å². The summed E-state index contributed by atoms with van der Waals surface area (Å²) in [6, 6.07) is 12.6. The third-order valence-electron chi connectivity index (χ3n) is 3.38. The molecule has 0 fully saturated rings. The third-order valence-corrected chi connectivity index (χ3v) is 5.59. The average molecular weight is 384 g/mol. The number of pyridine rings is 1. The van der Waals surface area contributed by atoms with E-state index in [4.69, 9.17) is 0 Å². The molecule has 2 aromatic rings. The van der Waals surface area contributed by atoms with E-state index >= 15 is 0 Å². The van der Waals surface area contributed by atoms with Crippen LogP contribution in [0.5, 0.6) is 0 Å². The normalized spacial score (nSPS) is 10.7. The molecule has 0 atom stereocenters. The minimum Gasteiger partial charge on any atom is -0.289 e. The fraction of sp³-hybridized carbons (Fsp3) is 0.190. The summed E-state index contributed by atoms with van der Waals surface area (Å²) in [5, 5.41) is 0. The Morgan fingerprint density at radius 1 is 1.00 bits per heavy atom. The maximum absolute atomic E-state index is 13.0. The Balaban J connectivity index is 2.42. The predicted molar refractivity (Wildman–Crippen MR) is 112 cm³/mol. The summed E-state index contributed by atoms with van der Waals surface area (Å²) >= 11 is 3.07. The Bertz CT molecular complexity index is 791. The van der Waals surface area contributed by atoms with Gasteiger partial charge in [0.2, 0.25) is 0 Å². The molecule has 0 N–H and O–H groups in total. The summed E-state index contributed by atoms with van der Waals surface area (Å²) < 4.78 is 0.782. The van der Waals surface area contributed by atoms with Crippen molar-refractivity contribution < 1.29 is 9.59 Å². The number of aromatic nitrogens is 1. The summed E-state index contributed by atoms with van der Waals surface area (Å²) in [6.07, 6.45) is 6.50. The molecule has 5 heteroatoms. The van der Waals surface area contributed by atoms with Crippen LogP contribution in [0.4, 0.5) is 0 Å². The smallest absolute Gasteiger partial charge is 0.198 e. The zero-order valence-corrected chi connectivity index (χ0v) is 16.5. The zero-order valence-electron chi connectivity index (χ0n) is 14.8. The van der Waals surface area contributed by atoms with Gasteiger partial charge in [0, 0.05) is 18.0 Å². The number of hydrogen-bond acceptors (Lipinski definition) is 5. The Labute approximate surface area is 163 Å². The van der Waals surface area contributed by atoms with Gasteiger partial charge in [0.1, 0.15) is 0 Å². The molecule has 0 radical (unpaired) electrons. The van der Waals surface area contributed by atoms with Crippen LogP contribution in [-0.2, 0) is 4.79 Å². The molecule has 0 aliphatic heterocycles. The molecule has 26 heavy (non-hydrogen) atoms. The number of ketones is 2. The van der Waals surface area contributed by atoms with Crippen LogP contribution >= 0.6 is 23.5 Å². The van der Waals surface area contributed by atoms with Crippen molar-refractivity contribution in [3.8, 4) is 0 Å². The number of Topliss-reactive ketones (excluding diaryl/α,β-unsaturated/α-hetero) is 1. The lowest BCUT2D eigenvalue weighted by Gasteiger charge is -2.11. The van der Waals surface area contributed by atoms with Crippen LogP contribution < -0.4 is 0 Å². The maximum atomic E-state index is 13.0. The Morgan fingerprint density at radius 3 is 2.27 bits per heavy atom. The minimum absolute atomic E-state index is 0.233. The number of allylic oxidation sites excluding steroid dienone is 2. The lowest BCUT2D eigenvalue weighted by atomic mass is 10.0. The first-order valence-electron chi connectivity index (χ1n) is 8.39. The summed E-state index contributed by atoms with van der Waals surface area (Å²) in [7, 11) is 0. The highest BCUT2D eigenvalue weighted by Crippen LogP contribution is 2.33. The highest BCUT2D eigenvalue weighted by Gasteiger charge is 2.23. The van der Waals surface area contributed by atoms with Crippen molar-refractivity contribution in [3.63, 3.8) is 0 Å². The van der Waals surface area contributed by atoms with E-state index in [-0.39, 0.29) is 17.1 Å². The van der Waals surface area contributed by atoms with Crippen molar-refractivity contribution in [1.82, 2.24) is 4.98 Å². The second-order valence-corrected chi connectivity index (χ2v) is 8.01. The van der Waals surface area contributed by atoms with Crippen LogP contribution in [0.2, 0.25) is 0 Å². The van der Waals surface area contributed by atoms with Gasteiger partial charge in [0.25, 0.3) is 0 Å². The van der Waals surface area contributed by atoms with Gasteiger partial charge >= 0.3 is 0 Å². The van der Waals surface area contributed by atoms with E-state index in [1.165, 1.54) is 29.6 Å². The van der Waals surface area contributed by atoms with Gasteiger partial charge in [0.05, 0.1) is 9.81 Å². The molecular weight excluding hydrogens is 362 g/mol. The van der Waals surface area contributed by atoms with Crippen LogP contribution in [-0.4, -0.2) is 28.1 Å². The fourth-order valence-electron chi connectivity index (χ4n) is 2.22. The molecule has 1 heterocycles. The van der Waals surface area contributed by atoms with Crippen molar-refractivity contribution in [3.05, 3.63) is 81.9 Å². The van der Waals surface area contributed by atoms with E-state index in [0.717, 1.165) is 21.3 Å². The van der Waals surface area contributed by atoms with E-state index in [2.05, 4.69) is 4.98 Å². The second-order valence-electron chi connectivity index (χ2n) is 5.21. The van der Waals surface area contributed by atoms with Gasteiger partial charge in [-0.25, -0.2) is 0 Å². The largest absolute Gasteiger partial charge is 0.289 e. The summed E-state index contributed by atoms with van der Waals surface area (Å²) in [6.45, 7) is 4.03. The van der Waals surface area contributed by atoms with Crippen molar-refractivity contribution in [2.75, 3.05) is 11.5 Å². The van der Waals surface area contributed by atoms with Gasteiger partial charge in [-0.05, 0) is 35.3 Å². The van der Waals surface area contributed by atoms with E-state index in [0.29, 0.717) is 5.56 Å². The summed E-state index contributed by atoms with van der Waals surface area (Å²) in [5.74, 6) is 1.09. The monoisotopic (exact) mass is 383 g/mol. The van der Waals surface area contributed by atoms with E-state index < -0.39 is 0 Å². The SMILES string of the molecule is CCSC(SCC)=C(C(=O)/C=C/c1cccnc1)C(=O)c1ccccc1. The standard InChI is InChI=1S/C21H21NO2S2/c1-3-25-21(26-4-2)19(20(24)17-10-6-5-7-11-17)18(23)13-12-16-9-8-14-22-15-16/h5-15H,3-4H2,1-2H3/b13-12+. The fourth-order valence-corrected chi connectivity index (χ4v) is 4.46. The lowest BCUT2D eigenvalue weighted by Crippen LogP contribution is -2.13. The Morgan fingerprint density at radius 2 is 1.69 bits per heavy atom. The molecule has 0 spiro atoms. The number of thioether (sulfide) groups is 2. The van der Waals surface area contributed by atoms with Gasteiger partial charge in [-0.3, -0.25) is 14.6 Å². The van der Waals surface area contributed by atoms with Gasteiger partial charge in [-0.1, -0.05) is 50.2 Å². The molecular formula is C21H21NO2S2. The van der Waals surface area contributed by atoms with Crippen LogP contribution in [0.1, 0.15) is 29.8 Å². The maximum Gasteiger partial charge on any atom is 0.198 e. The number of rotatable bonds is 9. The Hall–Kier alpha value is -2.11. The lowest BCUT2D eigenvalue weighted by molar-refractivity contribution is -0.111. The zero-order chi connectivity index (χ0) is 18.8. The molecule has 0 unspecified atom stereocenters. The van der Waals surface area contributed by atoms with Crippen molar-refractivity contribution in [2.45, 2.75) is 13.8 Å². The molecule has 134 valence electrons. The van der Waals surface area contributed by atoms with Crippen LogP contribution in [0, 0.1) is 0 Å².